The largest absolute Gasteiger partial charge is 0.317 e. The lowest BCUT2D eigenvalue weighted by Gasteiger charge is -2.19. The van der Waals surface area contributed by atoms with Crippen LogP contribution >= 0.6 is 0 Å². The standard InChI is InChI=1S/C13H17N5/c1-9-8-11(4-7-15-9)13-16-12(17-18-13)10-2-5-14-6-3-10/h4,7-8,10,14H,2-3,5-6H2,1H3,(H,16,17,18). The summed E-state index contributed by atoms with van der Waals surface area (Å²) in [6, 6.07) is 3.96. The van der Waals surface area contributed by atoms with Crippen LogP contribution in [0.4, 0.5) is 0 Å². The lowest BCUT2D eigenvalue weighted by Crippen LogP contribution is -2.27. The molecule has 94 valence electrons. The summed E-state index contributed by atoms with van der Waals surface area (Å²) in [5.41, 5.74) is 2.01. The molecule has 1 aliphatic heterocycles. The first kappa shape index (κ1) is 11.3. The van der Waals surface area contributed by atoms with Crippen molar-refractivity contribution in [2.75, 3.05) is 13.1 Å². The summed E-state index contributed by atoms with van der Waals surface area (Å²) >= 11 is 0. The Morgan fingerprint density at radius 2 is 2.11 bits per heavy atom. The maximum Gasteiger partial charge on any atom is 0.181 e. The lowest BCUT2D eigenvalue weighted by molar-refractivity contribution is 0.446. The molecule has 1 fully saturated rings. The molecule has 0 unspecified atom stereocenters. The minimum atomic E-state index is 0.510. The molecule has 1 aliphatic rings. The smallest absolute Gasteiger partial charge is 0.181 e. The first-order valence-corrected chi connectivity index (χ1v) is 6.39. The van der Waals surface area contributed by atoms with Gasteiger partial charge in [-0.25, -0.2) is 4.98 Å². The van der Waals surface area contributed by atoms with Crippen LogP contribution in [0.15, 0.2) is 18.3 Å². The molecule has 2 N–H and O–H groups in total. The van der Waals surface area contributed by atoms with E-state index in [0.717, 1.165) is 48.8 Å². The van der Waals surface area contributed by atoms with E-state index >= 15 is 0 Å². The minimum absolute atomic E-state index is 0.510. The third-order valence-electron chi connectivity index (χ3n) is 3.38. The Hall–Kier alpha value is -1.75. The molecule has 5 nitrogen and oxygen atoms in total. The molecule has 2 aromatic rings. The van der Waals surface area contributed by atoms with Gasteiger partial charge in [-0.1, -0.05) is 0 Å². The number of nitrogens with zero attached hydrogens (tertiary/aromatic N) is 3. The van der Waals surface area contributed by atoms with Crippen molar-refractivity contribution in [2.24, 2.45) is 0 Å². The van der Waals surface area contributed by atoms with Gasteiger partial charge in [0, 0.05) is 23.4 Å². The van der Waals surface area contributed by atoms with E-state index in [1.165, 1.54) is 0 Å². The molecule has 0 atom stereocenters. The van der Waals surface area contributed by atoms with Gasteiger partial charge in [-0.2, -0.15) is 5.10 Å². The normalized spacial score (nSPS) is 16.9. The van der Waals surface area contributed by atoms with Crippen LogP contribution in [0.5, 0.6) is 0 Å². The van der Waals surface area contributed by atoms with Gasteiger partial charge in [-0.3, -0.25) is 10.1 Å². The Labute approximate surface area is 106 Å². The number of aromatic nitrogens is 4. The van der Waals surface area contributed by atoms with Crippen molar-refractivity contribution in [3.8, 4) is 11.4 Å². The van der Waals surface area contributed by atoms with Gasteiger partial charge < -0.3 is 5.32 Å². The van der Waals surface area contributed by atoms with Gasteiger partial charge in [0.1, 0.15) is 5.82 Å². The molecule has 3 rings (SSSR count). The molecule has 0 aliphatic carbocycles. The molecule has 0 saturated carbocycles. The highest BCUT2D eigenvalue weighted by Crippen LogP contribution is 2.24. The molecule has 0 radical (unpaired) electrons. The fourth-order valence-electron chi connectivity index (χ4n) is 2.37. The number of hydrogen-bond donors (Lipinski definition) is 2. The Kier molecular flexibility index (Phi) is 3.06. The van der Waals surface area contributed by atoms with Crippen molar-refractivity contribution < 1.29 is 0 Å². The van der Waals surface area contributed by atoms with E-state index in [2.05, 4.69) is 25.5 Å². The summed E-state index contributed by atoms with van der Waals surface area (Å²) < 4.78 is 0. The van der Waals surface area contributed by atoms with Gasteiger partial charge in [0.25, 0.3) is 0 Å². The van der Waals surface area contributed by atoms with Crippen LogP contribution in [-0.4, -0.2) is 33.3 Å². The van der Waals surface area contributed by atoms with Crippen LogP contribution in [0.3, 0.4) is 0 Å². The number of hydrogen-bond acceptors (Lipinski definition) is 4. The summed E-state index contributed by atoms with van der Waals surface area (Å²) in [4.78, 5) is 8.81. The fourth-order valence-corrected chi connectivity index (χ4v) is 2.37. The number of nitrogens with one attached hydrogen (secondary N) is 2. The fraction of sp³-hybridized carbons (Fsp3) is 0.462. The zero-order valence-electron chi connectivity index (χ0n) is 10.5. The van der Waals surface area contributed by atoms with Gasteiger partial charge in [0.05, 0.1) is 0 Å². The Balaban J connectivity index is 1.84. The topological polar surface area (TPSA) is 66.5 Å². The van der Waals surface area contributed by atoms with Crippen LogP contribution in [0, 0.1) is 6.92 Å². The lowest BCUT2D eigenvalue weighted by atomic mass is 9.98. The molecular weight excluding hydrogens is 226 g/mol. The summed E-state index contributed by atoms with van der Waals surface area (Å²) in [6.45, 7) is 4.11. The molecule has 1 saturated heterocycles. The molecule has 0 aromatic carbocycles. The molecule has 0 spiro atoms. The predicted octanol–water partition coefficient (Wildman–Crippen LogP) is 1.64. The summed E-state index contributed by atoms with van der Waals surface area (Å²) in [6.07, 6.45) is 4.05. The van der Waals surface area contributed by atoms with Crippen molar-refractivity contribution in [1.82, 2.24) is 25.5 Å². The summed E-state index contributed by atoms with van der Waals surface area (Å²) in [5, 5.41) is 10.8. The quantitative estimate of drug-likeness (QED) is 0.841. The second-order valence-electron chi connectivity index (χ2n) is 4.75. The highest BCUT2D eigenvalue weighted by molar-refractivity contribution is 5.54. The molecule has 0 bridgehead atoms. The van der Waals surface area contributed by atoms with Crippen LogP contribution in [-0.2, 0) is 0 Å². The molecule has 18 heavy (non-hydrogen) atoms. The van der Waals surface area contributed by atoms with Crippen LogP contribution < -0.4 is 5.32 Å². The van der Waals surface area contributed by atoms with Gasteiger partial charge in [0.2, 0.25) is 0 Å². The zero-order chi connectivity index (χ0) is 12.4. The number of piperidine rings is 1. The monoisotopic (exact) mass is 243 g/mol. The number of aromatic amines is 1. The predicted molar refractivity (Wildman–Crippen MR) is 69.2 cm³/mol. The molecule has 5 heteroatoms. The first-order chi connectivity index (χ1) is 8.83. The Bertz CT molecular complexity index is 528. The van der Waals surface area contributed by atoms with Gasteiger partial charge in [0.15, 0.2) is 5.82 Å². The second-order valence-corrected chi connectivity index (χ2v) is 4.75. The third-order valence-corrected chi connectivity index (χ3v) is 3.38. The second kappa shape index (κ2) is 4.86. The van der Waals surface area contributed by atoms with Gasteiger partial charge in [-0.15, -0.1) is 0 Å². The highest BCUT2D eigenvalue weighted by atomic mass is 15.2. The zero-order valence-corrected chi connectivity index (χ0v) is 10.5. The van der Waals surface area contributed by atoms with E-state index in [9.17, 15) is 0 Å². The van der Waals surface area contributed by atoms with Crippen molar-refractivity contribution in [3.63, 3.8) is 0 Å². The average molecular weight is 243 g/mol. The van der Waals surface area contributed by atoms with Crippen LogP contribution in [0.1, 0.15) is 30.3 Å². The maximum absolute atomic E-state index is 4.62. The van der Waals surface area contributed by atoms with Gasteiger partial charge in [-0.05, 0) is 45.0 Å². The highest BCUT2D eigenvalue weighted by Gasteiger charge is 2.19. The number of H-pyrrole nitrogens is 1. The van der Waals surface area contributed by atoms with E-state index in [0.29, 0.717) is 5.92 Å². The van der Waals surface area contributed by atoms with Crippen LogP contribution in [0.25, 0.3) is 11.4 Å². The number of rotatable bonds is 2. The van der Waals surface area contributed by atoms with Crippen LogP contribution in [0.2, 0.25) is 0 Å². The van der Waals surface area contributed by atoms with Crippen molar-refractivity contribution in [2.45, 2.75) is 25.7 Å². The van der Waals surface area contributed by atoms with Crippen molar-refractivity contribution in [1.29, 1.82) is 0 Å². The van der Waals surface area contributed by atoms with E-state index in [-0.39, 0.29) is 0 Å². The van der Waals surface area contributed by atoms with E-state index in [1.54, 1.807) is 6.20 Å². The number of aryl methyl sites for hydroxylation is 1. The molecule has 2 aromatic heterocycles. The van der Waals surface area contributed by atoms with Crippen molar-refractivity contribution >= 4 is 0 Å². The Morgan fingerprint density at radius 1 is 1.28 bits per heavy atom. The Morgan fingerprint density at radius 3 is 2.89 bits per heavy atom. The van der Waals surface area contributed by atoms with E-state index in [1.807, 2.05) is 19.1 Å². The molecular formula is C13H17N5. The summed E-state index contributed by atoms with van der Waals surface area (Å²) in [5.74, 6) is 2.30. The van der Waals surface area contributed by atoms with E-state index in [4.69, 9.17) is 0 Å². The third kappa shape index (κ3) is 2.26. The van der Waals surface area contributed by atoms with E-state index < -0.39 is 0 Å². The maximum atomic E-state index is 4.62. The average Bonchev–Trinajstić information content (AvgIpc) is 2.89. The minimum Gasteiger partial charge on any atom is -0.317 e. The summed E-state index contributed by atoms with van der Waals surface area (Å²) in [7, 11) is 0. The molecule has 3 heterocycles. The van der Waals surface area contributed by atoms with Crippen molar-refractivity contribution in [3.05, 3.63) is 29.8 Å². The van der Waals surface area contributed by atoms with Gasteiger partial charge >= 0.3 is 0 Å². The number of pyridine rings is 1. The molecule has 0 amide bonds. The first-order valence-electron chi connectivity index (χ1n) is 6.39. The SMILES string of the molecule is Cc1cc(-c2n[nH]c(C3CCNCC3)n2)ccn1.